The fourth-order valence-electron chi connectivity index (χ4n) is 2.87. The van der Waals surface area contributed by atoms with E-state index in [0.29, 0.717) is 18.3 Å². The second-order valence-corrected chi connectivity index (χ2v) is 5.98. The summed E-state index contributed by atoms with van der Waals surface area (Å²) in [5, 5.41) is 3.90. The van der Waals surface area contributed by atoms with Crippen LogP contribution in [0.5, 0.6) is 11.5 Å². The standard InChI is InChI=1S/C17H24N4O3/c1-13-18-17(24-19-13)14-12-21(9-8-20(14)2)10-11-23-16-7-5-4-6-15(16)22-3/h4-7,14H,8-12H2,1-3H3. The highest BCUT2D eigenvalue weighted by molar-refractivity contribution is 5.39. The Balaban J connectivity index is 1.54. The topological polar surface area (TPSA) is 63.9 Å². The van der Waals surface area contributed by atoms with Crippen molar-refractivity contribution < 1.29 is 14.0 Å². The minimum Gasteiger partial charge on any atom is -0.493 e. The van der Waals surface area contributed by atoms with E-state index in [2.05, 4.69) is 27.0 Å². The average Bonchev–Trinajstić information content (AvgIpc) is 3.03. The van der Waals surface area contributed by atoms with Crippen molar-refractivity contribution in [2.75, 3.05) is 46.9 Å². The van der Waals surface area contributed by atoms with Crippen molar-refractivity contribution in [1.29, 1.82) is 0 Å². The molecule has 130 valence electrons. The minimum atomic E-state index is 0.131. The van der Waals surface area contributed by atoms with E-state index >= 15 is 0 Å². The first-order valence-electron chi connectivity index (χ1n) is 8.16. The van der Waals surface area contributed by atoms with Gasteiger partial charge >= 0.3 is 0 Å². The molecule has 1 aromatic carbocycles. The van der Waals surface area contributed by atoms with Gasteiger partial charge in [0.1, 0.15) is 12.6 Å². The molecular weight excluding hydrogens is 308 g/mol. The van der Waals surface area contributed by atoms with Gasteiger partial charge in [0.2, 0.25) is 5.89 Å². The fourth-order valence-corrected chi connectivity index (χ4v) is 2.87. The largest absolute Gasteiger partial charge is 0.493 e. The Morgan fingerprint density at radius 1 is 1.25 bits per heavy atom. The van der Waals surface area contributed by atoms with Crippen molar-refractivity contribution in [3.05, 3.63) is 36.0 Å². The Bertz CT molecular complexity index is 661. The van der Waals surface area contributed by atoms with Crippen LogP contribution in [0, 0.1) is 6.92 Å². The van der Waals surface area contributed by atoms with Crippen LogP contribution < -0.4 is 9.47 Å². The van der Waals surface area contributed by atoms with Gasteiger partial charge in [-0.1, -0.05) is 17.3 Å². The van der Waals surface area contributed by atoms with E-state index in [1.807, 2.05) is 31.2 Å². The van der Waals surface area contributed by atoms with E-state index in [4.69, 9.17) is 14.0 Å². The molecular formula is C17H24N4O3. The molecule has 1 unspecified atom stereocenters. The number of piperazine rings is 1. The van der Waals surface area contributed by atoms with Crippen molar-refractivity contribution in [2.24, 2.45) is 0 Å². The fraction of sp³-hybridized carbons (Fsp3) is 0.529. The molecule has 7 nitrogen and oxygen atoms in total. The first-order chi connectivity index (χ1) is 11.7. The Labute approximate surface area is 142 Å². The molecule has 1 aliphatic heterocycles. The van der Waals surface area contributed by atoms with Gasteiger partial charge in [-0.05, 0) is 26.1 Å². The molecule has 2 aromatic rings. The number of likely N-dealkylation sites (N-methyl/N-ethyl adjacent to an activating group) is 1. The summed E-state index contributed by atoms with van der Waals surface area (Å²) in [6, 6.07) is 7.84. The van der Waals surface area contributed by atoms with Gasteiger partial charge in [-0.25, -0.2) is 0 Å². The van der Waals surface area contributed by atoms with Crippen molar-refractivity contribution in [3.8, 4) is 11.5 Å². The van der Waals surface area contributed by atoms with Crippen LogP contribution in [0.1, 0.15) is 17.8 Å². The lowest BCUT2D eigenvalue weighted by molar-refractivity contribution is 0.0669. The molecule has 0 amide bonds. The number of aromatic nitrogens is 2. The number of benzene rings is 1. The molecule has 1 aromatic heterocycles. The number of para-hydroxylation sites is 2. The summed E-state index contributed by atoms with van der Waals surface area (Å²) in [6.45, 7) is 6.10. The summed E-state index contributed by atoms with van der Waals surface area (Å²) in [4.78, 5) is 8.99. The van der Waals surface area contributed by atoms with Crippen molar-refractivity contribution >= 4 is 0 Å². The number of methoxy groups -OCH3 is 1. The second-order valence-electron chi connectivity index (χ2n) is 5.98. The van der Waals surface area contributed by atoms with E-state index in [9.17, 15) is 0 Å². The maximum absolute atomic E-state index is 5.87. The summed E-state index contributed by atoms with van der Waals surface area (Å²) in [5.41, 5.74) is 0. The third-order valence-corrected chi connectivity index (χ3v) is 4.29. The van der Waals surface area contributed by atoms with Gasteiger partial charge in [0.05, 0.1) is 7.11 Å². The van der Waals surface area contributed by atoms with Crippen LogP contribution in [0.15, 0.2) is 28.8 Å². The molecule has 1 aliphatic rings. The summed E-state index contributed by atoms with van der Waals surface area (Å²) in [6.07, 6.45) is 0. The predicted octanol–water partition coefficient (Wildman–Crippen LogP) is 1.75. The average molecular weight is 332 g/mol. The SMILES string of the molecule is COc1ccccc1OCCN1CCN(C)C(c2nc(C)no2)C1. The first-order valence-corrected chi connectivity index (χ1v) is 8.16. The molecule has 7 heteroatoms. The third kappa shape index (κ3) is 3.85. The molecule has 1 atom stereocenters. The van der Waals surface area contributed by atoms with Gasteiger partial charge in [-0.3, -0.25) is 9.80 Å². The lowest BCUT2D eigenvalue weighted by Crippen LogP contribution is -2.47. The molecule has 1 saturated heterocycles. The van der Waals surface area contributed by atoms with Crippen molar-refractivity contribution in [3.63, 3.8) is 0 Å². The molecule has 24 heavy (non-hydrogen) atoms. The second kappa shape index (κ2) is 7.63. The normalized spacial score (nSPS) is 19.4. The highest BCUT2D eigenvalue weighted by Gasteiger charge is 2.29. The summed E-state index contributed by atoms with van der Waals surface area (Å²) < 4.78 is 16.5. The zero-order valence-corrected chi connectivity index (χ0v) is 14.4. The molecule has 0 spiro atoms. The van der Waals surface area contributed by atoms with Crippen LogP contribution in [0.2, 0.25) is 0 Å². The Kier molecular flexibility index (Phi) is 5.32. The highest BCUT2D eigenvalue weighted by Crippen LogP contribution is 2.26. The maximum Gasteiger partial charge on any atom is 0.245 e. The predicted molar refractivity (Wildman–Crippen MR) is 89.3 cm³/mol. The molecule has 0 bridgehead atoms. The molecule has 1 fully saturated rings. The number of rotatable bonds is 6. The smallest absolute Gasteiger partial charge is 0.245 e. The van der Waals surface area contributed by atoms with Crippen LogP contribution in [-0.2, 0) is 0 Å². The van der Waals surface area contributed by atoms with Crippen LogP contribution in [-0.4, -0.2) is 66.9 Å². The number of ether oxygens (including phenoxy) is 2. The number of hydrogen-bond acceptors (Lipinski definition) is 7. The van der Waals surface area contributed by atoms with E-state index in [1.54, 1.807) is 7.11 Å². The molecule has 0 radical (unpaired) electrons. The molecule has 2 heterocycles. The van der Waals surface area contributed by atoms with Crippen LogP contribution >= 0.6 is 0 Å². The maximum atomic E-state index is 5.87. The lowest BCUT2D eigenvalue weighted by atomic mass is 10.2. The van der Waals surface area contributed by atoms with Gasteiger partial charge in [-0.2, -0.15) is 4.98 Å². The highest BCUT2D eigenvalue weighted by atomic mass is 16.5. The monoisotopic (exact) mass is 332 g/mol. The van der Waals surface area contributed by atoms with Crippen LogP contribution in [0.3, 0.4) is 0 Å². The molecule has 3 rings (SSSR count). The quantitative estimate of drug-likeness (QED) is 0.798. The Morgan fingerprint density at radius 2 is 2.04 bits per heavy atom. The summed E-state index contributed by atoms with van der Waals surface area (Å²) in [7, 11) is 3.74. The lowest BCUT2D eigenvalue weighted by Gasteiger charge is -2.37. The molecule has 0 aliphatic carbocycles. The number of aryl methyl sites for hydroxylation is 1. The summed E-state index contributed by atoms with van der Waals surface area (Å²) >= 11 is 0. The minimum absolute atomic E-state index is 0.131. The van der Waals surface area contributed by atoms with Crippen LogP contribution in [0.25, 0.3) is 0 Å². The third-order valence-electron chi connectivity index (χ3n) is 4.29. The number of nitrogens with zero attached hydrogens (tertiary/aromatic N) is 4. The first kappa shape index (κ1) is 16.7. The Morgan fingerprint density at radius 3 is 2.75 bits per heavy atom. The van der Waals surface area contributed by atoms with E-state index in [-0.39, 0.29) is 6.04 Å². The Hall–Kier alpha value is -2.12. The van der Waals surface area contributed by atoms with Gasteiger partial charge in [0, 0.05) is 26.2 Å². The van der Waals surface area contributed by atoms with E-state index < -0.39 is 0 Å². The summed E-state index contributed by atoms with van der Waals surface area (Å²) in [5.74, 6) is 2.90. The van der Waals surface area contributed by atoms with Gasteiger partial charge in [0.15, 0.2) is 17.3 Å². The van der Waals surface area contributed by atoms with Crippen molar-refractivity contribution in [2.45, 2.75) is 13.0 Å². The van der Waals surface area contributed by atoms with Crippen molar-refractivity contribution in [1.82, 2.24) is 19.9 Å². The molecule has 0 saturated carbocycles. The van der Waals surface area contributed by atoms with Gasteiger partial charge < -0.3 is 14.0 Å². The molecule has 0 N–H and O–H groups in total. The van der Waals surface area contributed by atoms with E-state index in [1.165, 1.54) is 0 Å². The van der Waals surface area contributed by atoms with Crippen LogP contribution in [0.4, 0.5) is 0 Å². The van der Waals surface area contributed by atoms with E-state index in [0.717, 1.165) is 37.7 Å². The zero-order valence-electron chi connectivity index (χ0n) is 14.4. The van der Waals surface area contributed by atoms with Gasteiger partial charge in [-0.15, -0.1) is 0 Å². The van der Waals surface area contributed by atoms with Gasteiger partial charge in [0.25, 0.3) is 0 Å². The zero-order chi connectivity index (χ0) is 16.9. The number of hydrogen-bond donors (Lipinski definition) is 0.